The number of carbonyl (C=O) groups is 1. The van der Waals surface area contributed by atoms with E-state index in [2.05, 4.69) is 4.52 Å². The Labute approximate surface area is 71.8 Å². The second-order valence-electron chi connectivity index (χ2n) is 1.73. The Balaban J connectivity index is 0. The van der Waals surface area contributed by atoms with Crippen molar-refractivity contribution in [1.29, 1.82) is 0 Å². The van der Waals surface area contributed by atoms with Crippen molar-refractivity contribution in [3.8, 4) is 0 Å². The molecular weight excluding hydrogens is 208 g/mol. The van der Waals surface area contributed by atoms with E-state index in [9.17, 15) is 9.36 Å². The fourth-order valence-electron chi connectivity index (χ4n) is 0.249. The third kappa shape index (κ3) is 8.07. The Morgan fingerprint density at radius 1 is 1.58 bits per heavy atom. The summed E-state index contributed by atoms with van der Waals surface area (Å²) in [6.45, 7) is -0.709. The maximum atomic E-state index is 9.98. The molecule has 0 aliphatic carbocycles. The third-order valence-corrected chi connectivity index (χ3v) is 1.22. The highest BCUT2D eigenvalue weighted by atomic mass is 31.2. The molecule has 0 bridgehead atoms. The molecule has 9 heteroatoms. The predicted molar refractivity (Wildman–Crippen MR) is 44.7 cm³/mol. The Morgan fingerprint density at radius 3 is 2.25 bits per heavy atom. The van der Waals surface area contributed by atoms with Crippen LogP contribution >= 0.6 is 17.7 Å². The van der Waals surface area contributed by atoms with Crippen LogP contribution in [-0.2, 0) is 13.9 Å². The normalized spacial score (nSPS) is 13.2. The first kappa shape index (κ1) is 14.5. The lowest BCUT2D eigenvalue weighted by molar-refractivity contribution is -0.139. The highest BCUT2D eigenvalue weighted by molar-refractivity contribution is 7.46. The molecule has 0 aromatic heterocycles. The van der Waals surface area contributed by atoms with Gasteiger partial charge in [0.15, 0.2) is 0 Å². The van der Waals surface area contributed by atoms with Crippen molar-refractivity contribution in [3.05, 3.63) is 0 Å². The van der Waals surface area contributed by atoms with Crippen molar-refractivity contribution in [2.24, 2.45) is 5.73 Å². The number of nitrogens with two attached hydrogens (primary N) is 1. The van der Waals surface area contributed by atoms with E-state index < -0.39 is 26.4 Å². The molecule has 0 saturated heterocycles. The van der Waals surface area contributed by atoms with Crippen LogP contribution in [0.3, 0.4) is 0 Å². The molecule has 0 aromatic carbocycles. The summed E-state index contributed by atoms with van der Waals surface area (Å²) in [6, 6.07) is -1.41. The van der Waals surface area contributed by atoms with Gasteiger partial charge in [0.2, 0.25) is 0 Å². The molecule has 7 nitrogen and oxygen atoms in total. The molecule has 0 saturated carbocycles. The first-order valence-electron chi connectivity index (χ1n) is 2.51. The highest BCUT2D eigenvalue weighted by Gasteiger charge is 2.19. The average molecular weight is 219 g/mol. The minimum absolute atomic E-state index is 0. The van der Waals surface area contributed by atoms with Crippen LogP contribution in [0.25, 0.3) is 0 Å². The van der Waals surface area contributed by atoms with Crippen molar-refractivity contribution in [3.63, 3.8) is 0 Å². The fraction of sp³-hybridized carbons (Fsp3) is 0.667. The van der Waals surface area contributed by atoms with Crippen molar-refractivity contribution >= 4 is 23.7 Å². The monoisotopic (exact) mass is 219 g/mol. The smallest absolute Gasteiger partial charge is 0.469 e. The quantitative estimate of drug-likeness (QED) is 0.426. The molecule has 0 amide bonds. The number of hydrogen-bond donors (Lipinski definition) is 4. The van der Waals surface area contributed by atoms with E-state index in [1.165, 1.54) is 0 Å². The lowest BCUT2D eigenvalue weighted by atomic mass is 10.3. The van der Waals surface area contributed by atoms with Crippen molar-refractivity contribution in [2.75, 3.05) is 6.61 Å². The number of rotatable bonds is 4. The summed E-state index contributed by atoms with van der Waals surface area (Å²) in [5.74, 6) is -1.38. The number of carboxylic acid groups (broad SMARTS) is 1. The maximum absolute atomic E-state index is 9.98. The van der Waals surface area contributed by atoms with E-state index in [0.717, 1.165) is 0 Å². The minimum Gasteiger partial charge on any atom is -0.480 e. The largest absolute Gasteiger partial charge is 0.480 e. The lowest BCUT2D eigenvalue weighted by Crippen LogP contribution is -2.34. The van der Waals surface area contributed by atoms with Crippen molar-refractivity contribution in [1.82, 2.24) is 0 Å². The zero-order valence-corrected chi connectivity index (χ0v) is 8.39. The standard InChI is InChI=1S/C3H8NO6P.H3P/c4-2(3(5)6)1-10-11(7,8)9;/h2H,1,4H2,(H,5,6)(H2,7,8,9);1H3/t2-;/m0./s1. The van der Waals surface area contributed by atoms with Gasteiger partial charge in [-0.3, -0.25) is 9.32 Å². The molecule has 0 heterocycles. The van der Waals surface area contributed by atoms with Gasteiger partial charge in [0.05, 0.1) is 6.61 Å². The van der Waals surface area contributed by atoms with Gasteiger partial charge in [-0.25, -0.2) is 4.57 Å². The van der Waals surface area contributed by atoms with Crippen LogP contribution in [0.1, 0.15) is 0 Å². The Kier molecular flexibility index (Phi) is 6.75. The number of hydrogen-bond acceptors (Lipinski definition) is 4. The third-order valence-electron chi connectivity index (χ3n) is 0.739. The zero-order valence-electron chi connectivity index (χ0n) is 6.08. The van der Waals surface area contributed by atoms with Gasteiger partial charge in [0.1, 0.15) is 6.04 Å². The van der Waals surface area contributed by atoms with E-state index >= 15 is 0 Å². The second-order valence-corrected chi connectivity index (χ2v) is 2.97. The van der Waals surface area contributed by atoms with Gasteiger partial charge in [-0.05, 0) is 0 Å². The molecule has 1 unspecified atom stereocenters. The van der Waals surface area contributed by atoms with Gasteiger partial charge in [-0.1, -0.05) is 0 Å². The van der Waals surface area contributed by atoms with E-state index in [1.54, 1.807) is 0 Å². The lowest BCUT2D eigenvalue weighted by Gasteiger charge is -2.07. The number of carboxylic acids is 1. The average Bonchev–Trinajstić information content (AvgIpc) is 1.80. The molecule has 0 aliphatic heterocycles. The molecule has 74 valence electrons. The van der Waals surface area contributed by atoms with Crippen LogP contribution in [0.15, 0.2) is 0 Å². The van der Waals surface area contributed by atoms with Crippen molar-refractivity contribution in [2.45, 2.75) is 6.04 Å². The molecule has 0 fully saturated rings. The van der Waals surface area contributed by atoms with Gasteiger partial charge in [-0.2, -0.15) is 9.90 Å². The minimum atomic E-state index is -4.60. The molecule has 12 heavy (non-hydrogen) atoms. The molecule has 0 aromatic rings. The van der Waals surface area contributed by atoms with E-state index in [1.807, 2.05) is 0 Å². The zero-order chi connectivity index (χ0) is 9.07. The molecule has 0 aliphatic rings. The molecule has 5 N–H and O–H groups in total. The molecule has 0 rings (SSSR count). The molecule has 2 atom stereocenters. The Bertz CT molecular complexity index is 189. The maximum Gasteiger partial charge on any atom is 0.469 e. The number of phosphoric acid groups is 1. The van der Waals surface area contributed by atoms with Crippen LogP contribution in [0.5, 0.6) is 0 Å². The van der Waals surface area contributed by atoms with Gasteiger partial charge in [-0.15, -0.1) is 0 Å². The molecule has 0 radical (unpaired) electrons. The topological polar surface area (TPSA) is 130 Å². The highest BCUT2D eigenvalue weighted by Crippen LogP contribution is 2.35. The number of aliphatic carboxylic acids is 1. The van der Waals surface area contributed by atoms with Crippen molar-refractivity contribution < 1.29 is 28.8 Å². The van der Waals surface area contributed by atoms with E-state index in [4.69, 9.17) is 20.6 Å². The Morgan fingerprint density at radius 2 is 2.00 bits per heavy atom. The summed E-state index contributed by atoms with van der Waals surface area (Å²) in [5.41, 5.74) is 4.86. The van der Waals surface area contributed by atoms with Gasteiger partial charge < -0.3 is 20.6 Å². The SMILES string of the molecule is N[C@@H](COP(=O)(O)O)C(=O)O.P. The predicted octanol–water partition coefficient (Wildman–Crippen LogP) is -1.43. The van der Waals surface area contributed by atoms with Gasteiger partial charge >= 0.3 is 13.8 Å². The Hall–Kier alpha value is -0.0300. The van der Waals surface area contributed by atoms with E-state index in [-0.39, 0.29) is 9.90 Å². The van der Waals surface area contributed by atoms with Crippen LogP contribution < -0.4 is 5.73 Å². The first-order valence-corrected chi connectivity index (χ1v) is 4.04. The fourth-order valence-corrected chi connectivity index (χ4v) is 0.603. The van der Waals surface area contributed by atoms with Gasteiger partial charge in [0, 0.05) is 0 Å². The molecule has 0 spiro atoms. The summed E-state index contributed by atoms with van der Waals surface area (Å²) in [4.78, 5) is 26.1. The second kappa shape index (κ2) is 5.59. The van der Waals surface area contributed by atoms with E-state index in [0.29, 0.717) is 0 Å². The van der Waals surface area contributed by atoms with Crippen LogP contribution in [-0.4, -0.2) is 33.5 Å². The summed E-state index contributed by atoms with van der Waals surface area (Å²) >= 11 is 0. The summed E-state index contributed by atoms with van der Waals surface area (Å²) in [7, 11) is -4.60. The van der Waals surface area contributed by atoms with Crippen LogP contribution in [0.2, 0.25) is 0 Å². The van der Waals surface area contributed by atoms with Crippen LogP contribution in [0, 0.1) is 0 Å². The summed E-state index contributed by atoms with van der Waals surface area (Å²) in [6.07, 6.45) is 0. The van der Waals surface area contributed by atoms with Gasteiger partial charge in [0.25, 0.3) is 0 Å². The summed E-state index contributed by atoms with van der Waals surface area (Å²) < 4.78 is 13.8. The van der Waals surface area contributed by atoms with Crippen LogP contribution in [0.4, 0.5) is 0 Å². The first-order chi connectivity index (χ1) is 4.83. The molecular formula is C3H11NO6P2. The number of phosphoric ester groups is 1. The summed E-state index contributed by atoms with van der Waals surface area (Å²) in [5, 5.41) is 8.12.